The minimum absolute atomic E-state index is 0.000421. The van der Waals surface area contributed by atoms with Gasteiger partial charge in [-0.25, -0.2) is 9.18 Å². The van der Waals surface area contributed by atoms with Crippen molar-refractivity contribution in [3.63, 3.8) is 0 Å². The predicted molar refractivity (Wildman–Crippen MR) is 141 cm³/mol. The molecule has 38 heavy (non-hydrogen) atoms. The molecule has 5 rings (SSSR count). The molecule has 0 saturated carbocycles. The molecule has 1 saturated heterocycles. The number of carbonyl (C=O) groups excluding carboxylic acids is 2. The molecule has 2 aromatic heterocycles. The fourth-order valence-corrected chi connectivity index (χ4v) is 4.80. The second-order valence-electron chi connectivity index (χ2n) is 9.38. The van der Waals surface area contributed by atoms with Gasteiger partial charge in [0.1, 0.15) is 12.5 Å². The van der Waals surface area contributed by atoms with Crippen molar-refractivity contribution in [1.82, 2.24) is 19.9 Å². The first kappa shape index (κ1) is 25.3. The number of nitrogens with two attached hydrogens (primary N) is 1. The number of anilines is 1. The minimum Gasteiger partial charge on any atom is -0.366 e. The lowest BCUT2D eigenvalue weighted by molar-refractivity contribution is -0.132. The average molecular weight is 521 g/mol. The summed E-state index contributed by atoms with van der Waals surface area (Å²) in [7, 11) is 0. The normalized spacial score (nSPS) is 14.6. The second-order valence-corrected chi connectivity index (χ2v) is 9.38. The van der Waals surface area contributed by atoms with Crippen molar-refractivity contribution in [3.8, 4) is 11.1 Å². The smallest absolute Gasteiger partial charge is 0.365 e. The Morgan fingerprint density at radius 2 is 1.92 bits per heavy atom. The van der Waals surface area contributed by atoms with Gasteiger partial charge in [-0.05, 0) is 35.7 Å². The summed E-state index contributed by atoms with van der Waals surface area (Å²) >= 11 is 0. The average Bonchev–Trinajstić information content (AvgIpc) is 3.50. The van der Waals surface area contributed by atoms with E-state index in [0.29, 0.717) is 43.9 Å². The van der Waals surface area contributed by atoms with Gasteiger partial charge in [0.25, 0.3) is 0 Å². The highest BCUT2D eigenvalue weighted by Crippen LogP contribution is 2.26. The first-order chi connectivity index (χ1) is 18.3. The number of H-pyrrole nitrogens is 1. The summed E-state index contributed by atoms with van der Waals surface area (Å²) in [6, 6.07) is 11.8. The number of rotatable bonds is 7. The Bertz CT molecular complexity index is 1530. The largest absolute Gasteiger partial charge is 0.366 e. The lowest BCUT2D eigenvalue weighted by Gasteiger charge is -2.37. The molecule has 0 aliphatic carbocycles. The molecule has 1 atom stereocenters. The van der Waals surface area contributed by atoms with Crippen molar-refractivity contribution in [2.45, 2.75) is 26.1 Å². The number of amides is 2. The van der Waals surface area contributed by atoms with E-state index in [9.17, 15) is 14.4 Å². The molecular weight excluding hydrogens is 491 g/mol. The molecule has 0 radical (unpaired) electrons. The number of aromatic amines is 1. The Hall–Kier alpha value is -4.38. The zero-order chi connectivity index (χ0) is 26.8. The lowest BCUT2D eigenvalue weighted by atomic mass is 10.0. The second kappa shape index (κ2) is 10.5. The van der Waals surface area contributed by atoms with Crippen molar-refractivity contribution in [2.24, 2.45) is 5.73 Å². The van der Waals surface area contributed by atoms with Gasteiger partial charge in [-0.3, -0.25) is 9.59 Å². The highest BCUT2D eigenvalue weighted by molar-refractivity contribution is 5.86. The van der Waals surface area contributed by atoms with Gasteiger partial charge in [0.05, 0.1) is 23.5 Å². The number of piperazine rings is 1. The van der Waals surface area contributed by atoms with E-state index in [-0.39, 0.29) is 24.0 Å². The molecule has 2 amide bonds. The van der Waals surface area contributed by atoms with E-state index in [1.54, 1.807) is 17.0 Å². The van der Waals surface area contributed by atoms with Gasteiger partial charge in [-0.1, -0.05) is 24.3 Å². The van der Waals surface area contributed by atoms with Crippen LogP contribution in [0.2, 0.25) is 0 Å². The highest BCUT2D eigenvalue weighted by atomic mass is 19.1. The van der Waals surface area contributed by atoms with Crippen molar-refractivity contribution in [3.05, 3.63) is 76.7 Å². The van der Waals surface area contributed by atoms with Crippen LogP contribution >= 0.6 is 0 Å². The number of fused-ring (bicyclic) bond motifs is 1. The third kappa shape index (κ3) is 5.18. The molecular formula is C27H29FN6O4. The van der Waals surface area contributed by atoms with Crippen LogP contribution in [-0.2, 0) is 22.7 Å². The van der Waals surface area contributed by atoms with E-state index in [4.69, 9.17) is 10.3 Å². The number of hydrogen-bond donors (Lipinski definition) is 3. The van der Waals surface area contributed by atoms with Crippen molar-refractivity contribution >= 4 is 28.4 Å². The van der Waals surface area contributed by atoms with Crippen LogP contribution in [0.5, 0.6) is 0 Å². The van der Waals surface area contributed by atoms with Gasteiger partial charge in [0.15, 0.2) is 0 Å². The van der Waals surface area contributed by atoms with Gasteiger partial charge in [0.2, 0.25) is 11.8 Å². The topological polar surface area (TPSA) is 130 Å². The summed E-state index contributed by atoms with van der Waals surface area (Å²) in [6.45, 7) is 3.12. The molecule has 1 aliphatic heterocycles. The standard InChI is InChI=1S/C27H29FN6O4/c1-17(35)31-16-34-15-21(27(37)38-34)18-6-7-25(22(28)12-18)32-8-10-33(11-9-32)26(36)23(29)13-19-14-30-24-5-3-2-4-20(19)24/h2-7,12,14-15,23,30H,8-11,13,16,29H2,1H3,(H,31,35). The number of halogens is 1. The van der Waals surface area contributed by atoms with Crippen LogP contribution in [0.15, 0.2) is 64.2 Å². The van der Waals surface area contributed by atoms with Crippen LogP contribution in [0, 0.1) is 5.82 Å². The molecule has 2 aromatic carbocycles. The fraction of sp³-hybridized carbons (Fsp3) is 0.296. The predicted octanol–water partition coefficient (Wildman–Crippen LogP) is 2.04. The van der Waals surface area contributed by atoms with Crippen LogP contribution in [0.4, 0.5) is 10.1 Å². The van der Waals surface area contributed by atoms with Crippen LogP contribution in [0.25, 0.3) is 22.0 Å². The number of para-hydroxylation sites is 1. The number of nitrogens with zero attached hydrogens (tertiary/aromatic N) is 3. The summed E-state index contributed by atoms with van der Waals surface area (Å²) in [5.41, 5.74) is 8.63. The van der Waals surface area contributed by atoms with Gasteiger partial charge in [0, 0.05) is 50.2 Å². The summed E-state index contributed by atoms with van der Waals surface area (Å²) in [4.78, 5) is 43.1. The van der Waals surface area contributed by atoms with E-state index >= 15 is 4.39 Å². The van der Waals surface area contributed by atoms with Gasteiger partial charge < -0.3 is 30.4 Å². The molecule has 4 N–H and O–H groups in total. The van der Waals surface area contributed by atoms with E-state index in [2.05, 4.69) is 10.3 Å². The molecule has 0 spiro atoms. The van der Waals surface area contributed by atoms with Gasteiger partial charge in [-0.15, -0.1) is 0 Å². The molecule has 0 bridgehead atoms. The quantitative estimate of drug-likeness (QED) is 0.342. The first-order valence-electron chi connectivity index (χ1n) is 12.4. The Morgan fingerprint density at radius 1 is 1.16 bits per heavy atom. The molecule has 10 nitrogen and oxygen atoms in total. The first-order valence-corrected chi connectivity index (χ1v) is 12.4. The monoisotopic (exact) mass is 520 g/mol. The van der Waals surface area contributed by atoms with E-state index < -0.39 is 17.5 Å². The summed E-state index contributed by atoms with van der Waals surface area (Å²) in [5, 5.41) is 3.58. The number of aromatic nitrogens is 2. The minimum atomic E-state index is -0.665. The summed E-state index contributed by atoms with van der Waals surface area (Å²) in [6.07, 6.45) is 3.75. The van der Waals surface area contributed by atoms with Crippen LogP contribution in [0.3, 0.4) is 0 Å². The Balaban J connectivity index is 1.20. The lowest BCUT2D eigenvalue weighted by Crippen LogP contribution is -2.53. The zero-order valence-corrected chi connectivity index (χ0v) is 20.9. The van der Waals surface area contributed by atoms with Crippen LogP contribution in [0.1, 0.15) is 12.5 Å². The molecule has 1 aliphatic rings. The van der Waals surface area contributed by atoms with Crippen molar-refractivity contribution < 1.29 is 18.5 Å². The van der Waals surface area contributed by atoms with E-state index in [0.717, 1.165) is 16.5 Å². The Kier molecular flexibility index (Phi) is 7.01. The van der Waals surface area contributed by atoms with E-state index in [1.807, 2.05) is 35.4 Å². The third-order valence-corrected chi connectivity index (χ3v) is 6.80. The number of nitrogens with one attached hydrogen (secondary N) is 2. The van der Waals surface area contributed by atoms with Crippen molar-refractivity contribution in [2.75, 3.05) is 31.1 Å². The maximum absolute atomic E-state index is 15.1. The molecule has 198 valence electrons. The summed E-state index contributed by atoms with van der Waals surface area (Å²) in [5.74, 6) is -0.870. The Morgan fingerprint density at radius 3 is 2.66 bits per heavy atom. The highest BCUT2D eigenvalue weighted by Gasteiger charge is 2.27. The Labute approximate surface area is 217 Å². The van der Waals surface area contributed by atoms with Crippen LogP contribution in [-0.4, -0.2) is 58.7 Å². The zero-order valence-electron chi connectivity index (χ0n) is 20.9. The van der Waals surface area contributed by atoms with E-state index in [1.165, 1.54) is 23.9 Å². The maximum Gasteiger partial charge on any atom is 0.365 e. The third-order valence-electron chi connectivity index (χ3n) is 6.80. The molecule has 1 unspecified atom stereocenters. The van der Waals surface area contributed by atoms with Gasteiger partial charge in [-0.2, -0.15) is 4.74 Å². The molecule has 1 fully saturated rings. The van der Waals surface area contributed by atoms with Gasteiger partial charge >= 0.3 is 5.63 Å². The number of carbonyl (C=O) groups is 2. The number of hydrogen-bond acceptors (Lipinski definition) is 6. The number of benzene rings is 2. The SMILES string of the molecule is CC(=O)NCn1cc(-c2ccc(N3CCN(C(=O)C(N)Cc4c[nH]c5ccccc45)CC3)c(F)c2)c(=O)o1. The fourth-order valence-electron chi connectivity index (χ4n) is 4.80. The molecule has 3 heterocycles. The van der Waals surface area contributed by atoms with Crippen molar-refractivity contribution in [1.29, 1.82) is 0 Å². The summed E-state index contributed by atoms with van der Waals surface area (Å²) < 4.78 is 21.4. The van der Waals surface area contributed by atoms with Crippen LogP contribution < -0.4 is 21.6 Å². The molecule has 4 aromatic rings. The maximum atomic E-state index is 15.1. The molecule has 11 heteroatoms.